The number of thiazole rings is 1. The van der Waals surface area contributed by atoms with Crippen LogP contribution in [0.4, 0.5) is 5.69 Å². The van der Waals surface area contributed by atoms with Crippen LogP contribution in [0.2, 0.25) is 0 Å². The number of phenolic OH excluding ortho intramolecular Hbond substituents is 1. The Morgan fingerprint density at radius 3 is 2.74 bits per heavy atom. The van der Waals surface area contributed by atoms with E-state index in [1.807, 2.05) is 42.5 Å². The van der Waals surface area contributed by atoms with Gasteiger partial charge in [0.05, 0.1) is 33.4 Å². The Hall–Kier alpha value is -4.09. The van der Waals surface area contributed by atoms with Crippen LogP contribution >= 0.6 is 27.3 Å². The summed E-state index contributed by atoms with van der Waals surface area (Å²) in [6.07, 6.45) is 1.39. The van der Waals surface area contributed by atoms with Crippen molar-refractivity contribution in [3.8, 4) is 5.75 Å². The van der Waals surface area contributed by atoms with Crippen molar-refractivity contribution in [3.63, 3.8) is 0 Å². The second-order valence-corrected chi connectivity index (χ2v) is 10.4. The van der Waals surface area contributed by atoms with Crippen LogP contribution in [0.1, 0.15) is 31.0 Å². The number of halogens is 1. The van der Waals surface area contributed by atoms with Crippen molar-refractivity contribution >= 4 is 55.8 Å². The Morgan fingerprint density at radius 2 is 2.00 bits per heavy atom. The van der Waals surface area contributed by atoms with Crippen molar-refractivity contribution < 1.29 is 19.6 Å². The summed E-state index contributed by atoms with van der Waals surface area (Å²) in [6, 6.07) is 15.2. The molecular formula is C27H20BrN3O6S. The van der Waals surface area contributed by atoms with Crippen LogP contribution < -0.4 is 14.9 Å². The summed E-state index contributed by atoms with van der Waals surface area (Å²) in [7, 11) is 0. The average molecular weight is 594 g/mol. The zero-order valence-corrected chi connectivity index (χ0v) is 22.6. The number of nitro benzene ring substituents is 1. The van der Waals surface area contributed by atoms with Gasteiger partial charge < -0.3 is 9.84 Å². The summed E-state index contributed by atoms with van der Waals surface area (Å²) < 4.78 is 7.36. The molecule has 3 aromatic carbocycles. The van der Waals surface area contributed by atoms with Gasteiger partial charge in [0.1, 0.15) is 0 Å². The summed E-state index contributed by atoms with van der Waals surface area (Å²) in [4.78, 5) is 42.6. The highest BCUT2D eigenvalue weighted by molar-refractivity contribution is 9.10. The maximum absolute atomic E-state index is 13.9. The molecule has 1 aliphatic heterocycles. The Labute approximate surface area is 227 Å². The van der Waals surface area contributed by atoms with Gasteiger partial charge in [-0.15, -0.1) is 0 Å². The molecule has 0 bridgehead atoms. The van der Waals surface area contributed by atoms with Gasteiger partial charge in [0.25, 0.3) is 5.56 Å². The van der Waals surface area contributed by atoms with Gasteiger partial charge >= 0.3 is 11.7 Å². The molecule has 4 aromatic rings. The first-order valence-corrected chi connectivity index (χ1v) is 13.2. The molecule has 1 N–H and O–H groups in total. The SMILES string of the molecule is CCOC(=O)C1=C(C)N=c2s/c(=C\c3cc(Br)cc([N+](=O)[O-])c3O)c(=O)n2C1c1cccc2ccccc12. The van der Waals surface area contributed by atoms with Crippen LogP contribution in [-0.2, 0) is 9.53 Å². The van der Waals surface area contributed by atoms with Crippen molar-refractivity contribution in [3.05, 3.63) is 111 Å². The third kappa shape index (κ3) is 4.33. The van der Waals surface area contributed by atoms with Gasteiger partial charge in [-0.05, 0) is 42.3 Å². The third-order valence-electron chi connectivity index (χ3n) is 6.20. The number of carbonyl (C=O) groups is 1. The molecule has 38 heavy (non-hydrogen) atoms. The summed E-state index contributed by atoms with van der Waals surface area (Å²) in [5, 5.41) is 23.7. The quantitative estimate of drug-likeness (QED) is 0.209. The molecule has 192 valence electrons. The Balaban J connectivity index is 1.81. The maximum atomic E-state index is 13.9. The zero-order valence-electron chi connectivity index (χ0n) is 20.2. The Bertz CT molecular complexity index is 1850. The molecule has 5 rings (SSSR count). The van der Waals surface area contributed by atoms with Crippen LogP contribution in [0.15, 0.2) is 80.1 Å². The van der Waals surface area contributed by atoms with E-state index in [9.17, 15) is 24.8 Å². The van der Waals surface area contributed by atoms with Gasteiger partial charge in [0.15, 0.2) is 4.80 Å². The van der Waals surface area contributed by atoms with E-state index >= 15 is 0 Å². The number of rotatable bonds is 5. The first-order chi connectivity index (χ1) is 18.2. The fraction of sp³-hybridized carbons (Fsp3) is 0.148. The molecule has 1 aromatic heterocycles. The minimum atomic E-state index is -0.816. The highest BCUT2D eigenvalue weighted by atomic mass is 79.9. The van der Waals surface area contributed by atoms with Crippen molar-refractivity contribution in [1.29, 1.82) is 0 Å². The van der Waals surface area contributed by atoms with Gasteiger partial charge in [0, 0.05) is 16.1 Å². The minimum absolute atomic E-state index is 0.0966. The molecule has 0 radical (unpaired) electrons. The number of carbonyl (C=O) groups excluding carboxylic acids is 1. The zero-order chi connectivity index (χ0) is 27.1. The number of fused-ring (bicyclic) bond motifs is 2. The highest BCUT2D eigenvalue weighted by Gasteiger charge is 2.34. The number of hydrogen-bond donors (Lipinski definition) is 1. The molecule has 0 fully saturated rings. The van der Waals surface area contributed by atoms with Gasteiger partial charge in [-0.1, -0.05) is 69.7 Å². The summed E-state index contributed by atoms with van der Waals surface area (Å²) in [5.41, 5.74) is 0.558. The molecule has 1 unspecified atom stereocenters. The van der Waals surface area contributed by atoms with E-state index in [-0.39, 0.29) is 22.3 Å². The lowest BCUT2D eigenvalue weighted by atomic mass is 9.91. The smallest absolute Gasteiger partial charge is 0.338 e. The number of aromatic hydroxyl groups is 1. The Kier molecular flexibility index (Phi) is 6.72. The normalized spacial score (nSPS) is 15.3. The predicted molar refractivity (Wildman–Crippen MR) is 147 cm³/mol. The minimum Gasteiger partial charge on any atom is -0.502 e. The lowest BCUT2D eigenvalue weighted by molar-refractivity contribution is -0.385. The van der Waals surface area contributed by atoms with Gasteiger partial charge in [-0.25, -0.2) is 9.79 Å². The molecule has 0 saturated carbocycles. The molecule has 9 nitrogen and oxygen atoms in total. The molecule has 1 atom stereocenters. The van der Waals surface area contributed by atoms with Crippen LogP contribution in [0.3, 0.4) is 0 Å². The van der Waals surface area contributed by atoms with Crippen LogP contribution in [0.5, 0.6) is 5.75 Å². The number of nitrogens with zero attached hydrogens (tertiary/aromatic N) is 3. The van der Waals surface area contributed by atoms with Crippen LogP contribution in [0, 0.1) is 10.1 Å². The fourth-order valence-electron chi connectivity index (χ4n) is 4.57. The fourth-order valence-corrected chi connectivity index (χ4v) is 6.07. The van der Waals surface area contributed by atoms with E-state index in [2.05, 4.69) is 20.9 Å². The first-order valence-electron chi connectivity index (χ1n) is 11.6. The van der Waals surface area contributed by atoms with Crippen molar-refractivity contribution in [2.24, 2.45) is 4.99 Å². The molecule has 11 heteroatoms. The molecule has 0 saturated heterocycles. The van der Waals surface area contributed by atoms with Crippen molar-refractivity contribution in [2.75, 3.05) is 6.61 Å². The van der Waals surface area contributed by atoms with E-state index in [4.69, 9.17) is 4.74 Å². The van der Waals surface area contributed by atoms with E-state index in [0.717, 1.165) is 27.7 Å². The second-order valence-electron chi connectivity index (χ2n) is 8.49. The lowest BCUT2D eigenvalue weighted by Crippen LogP contribution is -2.40. The van der Waals surface area contributed by atoms with Gasteiger partial charge in [-0.2, -0.15) is 0 Å². The number of hydrogen-bond acceptors (Lipinski definition) is 8. The standard InChI is InChI=1S/C27H20BrN3O6S/c1-3-37-26(34)22-14(2)29-27-30(23(22)19-10-6-8-15-7-4-5-9-18(15)19)25(33)21(38-27)12-16-11-17(28)13-20(24(16)32)31(35)36/h4-13,23,32H,3H2,1-2H3/b21-12-. The van der Waals surface area contributed by atoms with Crippen molar-refractivity contribution in [1.82, 2.24) is 4.57 Å². The third-order valence-corrected chi connectivity index (χ3v) is 7.64. The van der Waals surface area contributed by atoms with Crippen LogP contribution in [-0.4, -0.2) is 27.2 Å². The molecular weight excluding hydrogens is 574 g/mol. The highest BCUT2D eigenvalue weighted by Crippen LogP contribution is 2.36. The number of allylic oxidation sites excluding steroid dienone is 1. The number of ether oxygens (including phenoxy) is 1. The predicted octanol–water partition coefficient (Wildman–Crippen LogP) is 4.33. The average Bonchev–Trinajstić information content (AvgIpc) is 3.19. The number of phenols is 1. The monoisotopic (exact) mass is 593 g/mol. The number of benzene rings is 3. The first kappa shape index (κ1) is 25.6. The molecule has 2 heterocycles. The summed E-state index contributed by atoms with van der Waals surface area (Å²) in [6.45, 7) is 3.56. The van der Waals surface area contributed by atoms with E-state index in [0.29, 0.717) is 15.0 Å². The molecule has 0 spiro atoms. The van der Waals surface area contributed by atoms with E-state index in [1.54, 1.807) is 13.8 Å². The van der Waals surface area contributed by atoms with Gasteiger partial charge in [-0.3, -0.25) is 19.5 Å². The van der Waals surface area contributed by atoms with Crippen LogP contribution in [0.25, 0.3) is 16.8 Å². The summed E-state index contributed by atoms with van der Waals surface area (Å²) >= 11 is 4.29. The molecule has 1 aliphatic rings. The number of aromatic nitrogens is 1. The Morgan fingerprint density at radius 1 is 1.26 bits per heavy atom. The lowest BCUT2D eigenvalue weighted by Gasteiger charge is -2.25. The summed E-state index contributed by atoms with van der Waals surface area (Å²) in [5.74, 6) is -1.13. The van der Waals surface area contributed by atoms with E-state index in [1.165, 1.54) is 22.8 Å². The number of nitro groups is 1. The van der Waals surface area contributed by atoms with E-state index < -0.39 is 33.9 Å². The van der Waals surface area contributed by atoms with Crippen molar-refractivity contribution in [2.45, 2.75) is 19.9 Å². The molecule has 0 aliphatic carbocycles. The maximum Gasteiger partial charge on any atom is 0.338 e. The molecule has 0 amide bonds. The largest absolute Gasteiger partial charge is 0.502 e. The second kappa shape index (κ2) is 9.99. The topological polar surface area (TPSA) is 124 Å². The van der Waals surface area contributed by atoms with Gasteiger partial charge in [0.2, 0.25) is 5.75 Å². The number of esters is 1.